The van der Waals surface area contributed by atoms with E-state index in [0.29, 0.717) is 51.5 Å². The van der Waals surface area contributed by atoms with Gasteiger partial charge in [0.2, 0.25) is 5.91 Å². The van der Waals surface area contributed by atoms with Crippen LogP contribution in [0.2, 0.25) is 0 Å². The highest BCUT2D eigenvalue weighted by Crippen LogP contribution is 2.19. The number of amides is 1. The van der Waals surface area contributed by atoms with E-state index in [4.69, 9.17) is 10.5 Å². The molecule has 0 bridgehead atoms. The number of aliphatic imine (C=N–C) groups is 1. The molecule has 1 saturated heterocycles. The Balaban J connectivity index is 1.88. The Morgan fingerprint density at radius 1 is 1.32 bits per heavy atom. The lowest BCUT2D eigenvalue weighted by atomic mass is 9.97. The number of nitrogens with zero attached hydrogens (tertiary/aromatic N) is 2. The van der Waals surface area contributed by atoms with Gasteiger partial charge in [0.1, 0.15) is 5.82 Å². The summed E-state index contributed by atoms with van der Waals surface area (Å²) in [7, 11) is 1.68. The van der Waals surface area contributed by atoms with Crippen LogP contribution in [0.3, 0.4) is 0 Å². The van der Waals surface area contributed by atoms with Gasteiger partial charge in [0.05, 0.1) is 18.4 Å². The molecule has 7 nitrogen and oxygen atoms in total. The van der Waals surface area contributed by atoms with Gasteiger partial charge in [-0.1, -0.05) is 12.1 Å². The van der Waals surface area contributed by atoms with Crippen molar-refractivity contribution in [3.8, 4) is 0 Å². The summed E-state index contributed by atoms with van der Waals surface area (Å²) in [5.74, 6) is -0.728. The van der Waals surface area contributed by atoms with E-state index in [1.807, 2.05) is 0 Å². The number of halogens is 1. The molecule has 0 aromatic heterocycles. The lowest BCUT2D eigenvalue weighted by Crippen LogP contribution is -2.49. The minimum Gasteiger partial charge on any atom is -0.466 e. The maximum absolute atomic E-state index is 13.1. The highest BCUT2D eigenvalue weighted by Gasteiger charge is 2.27. The Hall–Kier alpha value is -2.64. The fourth-order valence-corrected chi connectivity index (χ4v) is 3.31. The maximum Gasteiger partial charge on any atom is 0.309 e. The highest BCUT2D eigenvalue weighted by molar-refractivity contribution is 5.82. The number of ether oxygens (including phenoxy) is 1. The topological polar surface area (TPSA) is 97.0 Å². The second-order valence-corrected chi connectivity index (χ2v) is 6.87. The van der Waals surface area contributed by atoms with E-state index in [0.717, 1.165) is 5.56 Å². The quantitative estimate of drug-likeness (QED) is 0.414. The molecule has 0 saturated carbocycles. The number of carbonyl (C=O) groups excluding carboxylic acids is 2. The van der Waals surface area contributed by atoms with Crippen molar-refractivity contribution in [1.82, 2.24) is 10.2 Å². The number of hydrogen-bond donors (Lipinski definition) is 2. The average molecular weight is 392 g/mol. The lowest BCUT2D eigenvalue weighted by Gasteiger charge is -2.33. The number of rotatable bonds is 7. The van der Waals surface area contributed by atoms with E-state index in [-0.39, 0.29) is 17.7 Å². The van der Waals surface area contributed by atoms with Crippen molar-refractivity contribution < 1.29 is 18.7 Å². The Morgan fingerprint density at radius 2 is 1.96 bits per heavy atom. The summed E-state index contributed by atoms with van der Waals surface area (Å²) in [6.45, 7) is 3.90. The van der Waals surface area contributed by atoms with Crippen LogP contribution in [0.25, 0.3) is 0 Å². The molecule has 1 unspecified atom stereocenters. The standard InChI is InChI=1S/C20H29FN4O3/c1-3-28-19(27)15-8-10-25(11-9-15)20(23-2)24-13-16(18(22)26)12-14-4-6-17(21)7-5-14/h4-7,15-16H,3,8-13H2,1-2H3,(H2,22,26)(H,23,24). The average Bonchev–Trinajstić information content (AvgIpc) is 2.69. The molecule has 0 spiro atoms. The van der Waals surface area contributed by atoms with Gasteiger partial charge >= 0.3 is 5.97 Å². The number of primary amides is 1. The van der Waals surface area contributed by atoms with Crippen LogP contribution in [0.4, 0.5) is 4.39 Å². The summed E-state index contributed by atoms with van der Waals surface area (Å²) in [4.78, 5) is 30.0. The summed E-state index contributed by atoms with van der Waals surface area (Å²) in [6, 6.07) is 6.04. The molecule has 3 N–H and O–H groups in total. The largest absolute Gasteiger partial charge is 0.466 e. The van der Waals surface area contributed by atoms with Crippen LogP contribution in [0.15, 0.2) is 29.3 Å². The Kier molecular flexibility index (Phi) is 8.22. The molecular formula is C20H29FN4O3. The molecular weight excluding hydrogens is 363 g/mol. The first-order valence-corrected chi connectivity index (χ1v) is 9.60. The SMILES string of the molecule is CCOC(=O)C1CCN(C(=NC)NCC(Cc2ccc(F)cc2)C(N)=O)CC1. The highest BCUT2D eigenvalue weighted by atomic mass is 19.1. The van der Waals surface area contributed by atoms with Crippen LogP contribution in [-0.4, -0.2) is 56.0 Å². The van der Waals surface area contributed by atoms with E-state index in [1.165, 1.54) is 12.1 Å². The second-order valence-electron chi connectivity index (χ2n) is 6.87. The van der Waals surface area contributed by atoms with Crippen LogP contribution in [0.5, 0.6) is 0 Å². The van der Waals surface area contributed by atoms with Crippen LogP contribution in [-0.2, 0) is 20.7 Å². The van der Waals surface area contributed by atoms with Crippen LogP contribution in [0.1, 0.15) is 25.3 Å². The molecule has 8 heteroatoms. The molecule has 154 valence electrons. The van der Waals surface area contributed by atoms with Crippen molar-refractivity contribution >= 4 is 17.8 Å². The van der Waals surface area contributed by atoms with Crippen molar-refractivity contribution in [2.45, 2.75) is 26.2 Å². The predicted octanol–water partition coefficient (Wildman–Crippen LogP) is 1.32. The normalized spacial score (nSPS) is 16.5. The molecule has 1 fully saturated rings. The molecule has 1 heterocycles. The molecule has 1 aromatic rings. The number of benzene rings is 1. The number of carbonyl (C=O) groups is 2. The number of nitrogens with one attached hydrogen (secondary N) is 1. The van der Waals surface area contributed by atoms with Gasteiger partial charge in [0, 0.05) is 26.7 Å². The van der Waals surface area contributed by atoms with E-state index < -0.39 is 11.8 Å². The molecule has 2 rings (SSSR count). The van der Waals surface area contributed by atoms with Gasteiger partial charge in [0.15, 0.2) is 5.96 Å². The van der Waals surface area contributed by atoms with Gasteiger partial charge in [0.25, 0.3) is 0 Å². The number of guanidine groups is 1. The van der Waals surface area contributed by atoms with Gasteiger partial charge < -0.3 is 20.7 Å². The number of esters is 1. The molecule has 28 heavy (non-hydrogen) atoms. The first-order valence-electron chi connectivity index (χ1n) is 9.60. The summed E-state index contributed by atoms with van der Waals surface area (Å²) in [5.41, 5.74) is 6.39. The fourth-order valence-electron chi connectivity index (χ4n) is 3.31. The van der Waals surface area contributed by atoms with E-state index in [2.05, 4.69) is 15.2 Å². The summed E-state index contributed by atoms with van der Waals surface area (Å²) >= 11 is 0. The molecule has 1 atom stereocenters. The third-order valence-electron chi connectivity index (χ3n) is 4.93. The van der Waals surface area contributed by atoms with Gasteiger partial charge in [-0.15, -0.1) is 0 Å². The third kappa shape index (κ3) is 6.21. The molecule has 1 aliphatic rings. The zero-order chi connectivity index (χ0) is 20.5. The van der Waals surface area contributed by atoms with Gasteiger partial charge in [-0.3, -0.25) is 14.6 Å². The first-order chi connectivity index (χ1) is 13.4. The van der Waals surface area contributed by atoms with E-state index in [9.17, 15) is 14.0 Å². The Morgan fingerprint density at radius 3 is 2.50 bits per heavy atom. The lowest BCUT2D eigenvalue weighted by molar-refractivity contribution is -0.149. The van der Waals surface area contributed by atoms with E-state index in [1.54, 1.807) is 26.1 Å². The van der Waals surface area contributed by atoms with Gasteiger partial charge in [-0.05, 0) is 43.9 Å². The second kappa shape index (κ2) is 10.6. The minimum absolute atomic E-state index is 0.0776. The zero-order valence-electron chi connectivity index (χ0n) is 16.5. The summed E-state index contributed by atoms with van der Waals surface area (Å²) < 4.78 is 18.1. The molecule has 0 aliphatic carbocycles. The van der Waals surface area contributed by atoms with Crippen molar-refractivity contribution in [2.75, 3.05) is 33.3 Å². The van der Waals surface area contributed by atoms with Crippen LogP contribution < -0.4 is 11.1 Å². The van der Waals surface area contributed by atoms with Crippen molar-refractivity contribution in [3.63, 3.8) is 0 Å². The van der Waals surface area contributed by atoms with Gasteiger partial charge in [-0.2, -0.15) is 0 Å². The number of hydrogen-bond acceptors (Lipinski definition) is 4. The van der Waals surface area contributed by atoms with Crippen LogP contribution in [0, 0.1) is 17.7 Å². The monoisotopic (exact) mass is 392 g/mol. The molecule has 1 aliphatic heterocycles. The maximum atomic E-state index is 13.1. The van der Waals surface area contributed by atoms with Crippen molar-refractivity contribution in [3.05, 3.63) is 35.6 Å². The third-order valence-corrected chi connectivity index (χ3v) is 4.93. The van der Waals surface area contributed by atoms with E-state index >= 15 is 0 Å². The Bertz CT molecular complexity index is 685. The summed E-state index contributed by atoms with van der Waals surface area (Å²) in [6.07, 6.45) is 1.83. The van der Waals surface area contributed by atoms with Crippen LogP contribution >= 0.6 is 0 Å². The van der Waals surface area contributed by atoms with Crippen molar-refractivity contribution in [1.29, 1.82) is 0 Å². The minimum atomic E-state index is -0.445. The van der Waals surface area contributed by atoms with Gasteiger partial charge in [-0.25, -0.2) is 4.39 Å². The van der Waals surface area contributed by atoms with Crippen molar-refractivity contribution in [2.24, 2.45) is 22.6 Å². The number of nitrogens with two attached hydrogens (primary N) is 1. The number of piperidine rings is 1. The number of likely N-dealkylation sites (tertiary alicyclic amines) is 1. The zero-order valence-corrected chi connectivity index (χ0v) is 16.5. The summed E-state index contributed by atoms with van der Waals surface area (Å²) in [5, 5.41) is 3.21. The molecule has 0 radical (unpaired) electrons. The molecule has 1 amide bonds. The fraction of sp³-hybridized carbons (Fsp3) is 0.550. The Labute approximate surface area is 165 Å². The predicted molar refractivity (Wildman–Crippen MR) is 105 cm³/mol. The first kappa shape index (κ1) is 21.7. The molecule has 1 aromatic carbocycles. The smallest absolute Gasteiger partial charge is 0.309 e.